The van der Waals surface area contributed by atoms with Crippen molar-refractivity contribution in [3.8, 4) is 0 Å². The van der Waals surface area contributed by atoms with Crippen LogP contribution in [0.5, 0.6) is 0 Å². The molecule has 2 aromatic rings. The molecule has 2 heterocycles. The third-order valence-electron chi connectivity index (χ3n) is 4.14. The number of nitrogens with two attached hydrogens (primary N) is 1. The molecule has 0 fully saturated rings. The van der Waals surface area contributed by atoms with Gasteiger partial charge >= 0.3 is 18.0 Å². The van der Waals surface area contributed by atoms with Crippen LogP contribution in [-0.4, -0.2) is 31.0 Å². The number of primary amides is 1. The molecule has 1 aliphatic rings. The normalized spacial score (nSPS) is 14.4. The summed E-state index contributed by atoms with van der Waals surface area (Å²) in [7, 11) is 1.18. The third-order valence-corrected chi connectivity index (χ3v) is 5.29. The van der Waals surface area contributed by atoms with E-state index in [-0.39, 0.29) is 40.4 Å². The van der Waals surface area contributed by atoms with Gasteiger partial charge in [-0.2, -0.15) is 0 Å². The van der Waals surface area contributed by atoms with Crippen LogP contribution in [0.3, 0.4) is 0 Å². The molecule has 0 spiro atoms. The lowest BCUT2D eigenvalue weighted by molar-refractivity contribution is -0.145. The Bertz CT molecular complexity index is 1080. The molecule has 30 heavy (non-hydrogen) atoms. The first-order valence-corrected chi connectivity index (χ1v) is 9.69. The number of nitrogens with zero attached hydrogens (tertiary/aromatic N) is 1. The van der Waals surface area contributed by atoms with Gasteiger partial charge in [0.05, 0.1) is 41.1 Å². The number of halogens is 2. The van der Waals surface area contributed by atoms with E-state index in [9.17, 15) is 23.6 Å². The molecular weight excluding hydrogens is 439 g/mol. The molecule has 11 heteroatoms. The van der Waals surface area contributed by atoms with E-state index in [1.165, 1.54) is 7.11 Å². The molecule has 3 rings (SSSR count). The Kier molecular flexibility index (Phi) is 6.18. The summed E-state index contributed by atoms with van der Waals surface area (Å²) in [6, 6.07) is 4.17. The van der Waals surface area contributed by atoms with Gasteiger partial charge in [-0.05, 0) is 23.6 Å². The molecular formula is C19H14ClFN2O6S. The van der Waals surface area contributed by atoms with Crippen molar-refractivity contribution in [2.24, 2.45) is 5.73 Å². The van der Waals surface area contributed by atoms with Crippen LogP contribution in [0.2, 0.25) is 5.02 Å². The molecule has 0 saturated heterocycles. The summed E-state index contributed by atoms with van der Waals surface area (Å²) < 4.78 is 24.0. The maximum atomic E-state index is 14.2. The number of thiophene rings is 1. The standard InChI is InChI=1S/C19H14ClFN2O6S/c1-28-14(24)4-5-15(25)29-17(13-3-2-6-30-13)16-9-7-11(21)10(20)8-12(9)23(18(16)26)19(22)27/h2-3,6-8H,4-5H2,1H3,(H2,22,27). The van der Waals surface area contributed by atoms with E-state index in [2.05, 4.69) is 4.74 Å². The zero-order chi connectivity index (χ0) is 22.0. The van der Waals surface area contributed by atoms with Gasteiger partial charge in [0.1, 0.15) is 5.82 Å². The van der Waals surface area contributed by atoms with Crippen LogP contribution < -0.4 is 10.6 Å². The van der Waals surface area contributed by atoms with Crippen molar-refractivity contribution >= 4 is 63.8 Å². The molecule has 0 unspecified atom stereocenters. The van der Waals surface area contributed by atoms with Gasteiger partial charge in [0.25, 0.3) is 5.91 Å². The van der Waals surface area contributed by atoms with Gasteiger partial charge in [-0.1, -0.05) is 17.7 Å². The topological polar surface area (TPSA) is 116 Å². The van der Waals surface area contributed by atoms with E-state index in [4.69, 9.17) is 22.1 Å². The summed E-state index contributed by atoms with van der Waals surface area (Å²) in [5, 5.41) is 1.36. The number of esters is 2. The second-order valence-electron chi connectivity index (χ2n) is 5.99. The fraction of sp³-hybridized carbons (Fsp3) is 0.158. The highest BCUT2D eigenvalue weighted by Gasteiger charge is 2.40. The van der Waals surface area contributed by atoms with Crippen molar-refractivity contribution in [3.63, 3.8) is 0 Å². The van der Waals surface area contributed by atoms with Crippen molar-refractivity contribution < 1.29 is 33.0 Å². The highest BCUT2D eigenvalue weighted by molar-refractivity contribution is 7.11. The minimum Gasteiger partial charge on any atom is -0.469 e. The number of urea groups is 1. The lowest BCUT2D eigenvalue weighted by atomic mass is 10.0. The second-order valence-corrected chi connectivity index (χ2v) is 7.35. The van der Waals surface area contributed by atoms with Crippen LogP contribution in [0.25, 0.3) is 11.3 Å². The molecule has 1 aromatic carbocycles. The highest BCUT2D eigenvalue weighted by atomic mass is 35.5. The number of rotatable bonds is 5. The van der Waals surface area contributed by atoms with Gasteiger partial charge in [-0.25, -0.2) is 14.1 Å². The number of benzene rings is 1. The first kappa shape index (κ1) is 21.5. The van der Waals surface area contributed by atoms with Crippen molar-refractivity contribution in [2.45, 2.75) is 12.8 Å². The Balaban J connectivity index is 2.14. The van der Waals surface area contributed by atoms with Gasteiger partial charge in [0, 0.05) is 5.56 Å². The minimum absolute atomic E-state index is 0.00938. The van der Waals surface area contributed by atoms with Crippen LogP contribution in [0, 0.1) is 5.82 Å². The predicted molar refractivity (Wildman–Crippen MR) is 107 cm³/mol. The number of amides is 3. The van der Waals surface area contributed by atoms with Crippen LogP contribution in [0.1, 0.15) is 23.3 Å². The van der Waals surface area contributed by atoms with E-state index in [1.54, 1.807) is 17.5 Å². The molecule has 0 radical (unpaired) electrons. The molecule has 1 aromatic heterocycles. The summed E-state index contributed by atoms with van der Waals surface area (Å²) in [5.41, 5.74) is 5.05. The molecule has 0 atom stereocenters. The highest BCUT2D eigenvalue weighted by Crippen LogP contribution is 2.44. The summed E-state index contributed by atoms with van der Waals surface area (Å²) in [4.78, 5) is 49.5. The van der Waals surface area contributed by atoms with E-state index >= 15 is 0 Å². The van der Waals surface area contributed by atoms with E-state index in [0.29, 0.717) is 9.78 Å². The van der Waals surface area contributed by atoms with Crippen molar-refractivity contribution in [2.75, 3.05) is 12.0 Å². The number of imide groups is 1. The van der Waals surface area contributed by atoms with Gasteiger partial charge in [0.2, 0.25) is 0 Å². The number of carbonyl (C=O) groups is 4. The fourth-order valence-corrected chi connectivity index (χ4v) is 3.67. The van der Waals surface area contributed by atoms with E-state index < -0.39 is 29.7 Å². The van der Waals surface area contributed by atoms with Crippen molar-refractivity contribution in [3.05, 3.63) is 50.9 Å². The second kappa shape index (κ2) is 8.64. The first-order valence-electron chi connectivity index (χ1n) is 8.43. The largest absolute Gasteiger partial charge is 0.469 e. The SMILES string of the molecule is COC(=O)CCC(=O)OC(=C1C(=O)N(C(N)=O)c2cc(Cl)c(F)cc21)c1cccs1. The van der Waals surface area contributed by atoms with Crippen molar-refractivity contribution in [1.29, 1.82) is 0 Å². The maximum Gasteiger partial charge on any atom is 0.326 e. The van der Waals surface area contributed by atoms with Crippen LogP contribution in [-0.2, 0) is 23.9 Å². The Labute approximate surface area is 178 Å². The Morgan fingerprint density at radius 2 is 1.93 bits per heavy atom. The van der Waals surface area contributed by atoms with E-state index in [1.807, 2.05) is 0 Å². The molecule has 156 valence electrons. The van der Waals surface area contributed by atoms with Crippen LogP contribution in [0.4, 0.5) is 14.9 Å². The molecule has 0 bridgehead atoms. The Hall–Kier alpha value is -3.24. The molecule has 0 aliphatic carbocycles. The Morgan fingerprint density at radius 3 is 2.53 bits per heavy atom. The number of carbonyl (C=O) groups excluding carboxylic acids is 4. The van der Waals surface area contributed by atoms with Gasteiger partial charge < -0.3 is 15.2 Å². The van der Waals surface area contributed by atoms with Gasteiger partial charge in [-0.15, -0.1) is 11.3 Å². The number of hydrogen-bond acceptors (Lipinski definition) is 7. The molecule has 2 N–H and O–H groups in total. The summed E-state index contributed by atoms with van der Waals surface area (Å²) in [6.45, 7) is 0. The van der Waals surface area contributed by atoms with Crippen LogP contribution >= 0.6 is 22.9 Å². The fourth-order valence-electron chi connectivity index (χ4n) is 2.80. The number of anilines is 1. The van der Waals surface area contributed by atoms with Crippen molar-refractivity contribution in [1.82, 2.24) is 0 Å². The quantitative estimate of drug-likeness (QED) is 0.422. The number of fused-ring (bicyclic) bond motifs is 1. The molecule has 1 aliphatic heterocycles. The maximum absolute atomic E-state index is 14.2. The van der Waals surface area contributed by atoms with E-state index in [0.717, 1.165) is 23.5 Å². The number of hydrogen-bond donors (Lipinski definition) is 1. The lowest BCUT2D eigenvalue weighted by Crippen LogP contribution is -2.38. The zero-order valence-corrected chi connectivity index (χ0v) is 17.0. The van der Waals surface area contributed by atoms with Crippen LogP contribution in [0.15, 0.2) is 29.6 Å². The average Bonchev–Trinajstić information content (AvgIpc) is 3.31. The first-order chi connectivity index (χ1) is 14.2. The number of methoxy groups -OCH3 is 1. The van der Waals surface area contributed by atoms with Gasteiger partial charge in [0.15, 0.2) is 5.76 Å². The monoisotopic (exact) mass is 452 g/mol. The summed E-state index contributed by atoms with van der Waals surface area (Å²) >= 11 is 6.95. The minimum atomic E-state index is -1.11. The Morgan fingerprint density at radius 1 is 1.23 bits per heavy atom. The summed E-state index contributed by atoms with van der Waals surface area (Å²) in [5.74, 6) is -3.36. The average molecular weight is 453 g/mol. The number of ether oxygens (including phenoxy) is 2. The van der Waals surface area contributed by atoms with Gasteiger partial charge in [-0.3, -0.25) is 14.4 Å². The zero-order valence-electron chi connectivity index (χ0n) is 15.4. The smallest absolute Gasteiger partial charge is 0.326 e. The lowest BCUT2D eigenvalue weighted by Gasteiger charge is -2.12. The third kappa shape index (κ3) is 4.05. The molecule has 3 amide bonds. The molecule has 0 saturated carbocycles. The molecule has 8 nitrogen and oxygen atoms in total. The predicted octanol–water partition coefficient (Wildman–Crippen LogP) is 3.33. The summed E-state index contributed by atoms with van der Waals surface area (Å²) in [6.07, 6.45) is -0.547.